The van der Waals surface area contributed by atoms with E-state index in [4.69, 9.17) is 9.94 Å². The number of ketones is 1. The summed E-state index contributed by atoms with van der Waals surface area (Å²) < 4.78 is 5.14. The minimum atomic E-state index is -1.08. The molecule has 1 heterocycles. The minimum absolute atomic E-state index is 0.310. The molecule has 1 amide bonds. The first-order valence-electron chi connectivity index (χ1n) is 9.02. The van der Waals surface area contributed by atoms with Crippen molar-refractivity contribution in [3.8, 4) is 5.75 Å². The molecule has 0 bridgehead atoms. The molecule has 2 rings (SSSR count). The molecule has 1 aliphatic rings. The van der Waals surface area contributed by atoms with Crippen molar-refractivity contribution in [2.45, 2.75) is 38.1 Å². The summed E-state index contributed by atoms with van der Waals surface area (Å²) in [7, 11) is 1.52. The number of Topliss-reactive ketones (excluding diaryl/α,β-unsaturated/α-hetero) is 1. The van der Waals surface area contributed by atoms with E-state index in [1.165, 1.54) is 7.11 Å². The van der Waals surface area contributed by atoms with E-state index in [2.05, 4.69) is 5.32 Å². The van der Waals surface area contributed by atoms with Crippen molar-refractivity contribution in [1.29, 1.82) is 0 Å². The van der Waals surface area contributed by atoms with Crippen LogP contribution in [0.2, 0.25) is 0 Å². The van der Waals surface area contributed by atoms with Crippen LogP contribution in [0.25, 0.3) is 0 Å². The van der Waals surface area contributed by atoms with Crippen molar-refractivity contribution in [3.05, 3.63) is 29.8 Å². The van der Waals surface area contributed by atoms with Crippen LogP contribution < -0.4 is 15.5 Å². The van der Waals surface area contributed by atoms with Gasteiger partial charge in [0, 0.05) is 5.92 Å². The van der Waals surface area contributed by atoms with Crippen LogP contribution in [-0.2, 0) is 14.4 Å². The van der Waals surface area contributed by atoms with Gasteiger partial charge in [0.05, 0.1) is 18.9 Å². The summed E-state index contributed by atoms with van der Waals surface area (Å²) in [4.78, 5) is 37.2. The molecule has 1 saturated heterocycles. The number of methoxy groups -OCH3 is 1. The molecule has 0 aromatic heterocycles. The number of nitrogens with one attached hydrogen (secondary N) is 2. The number of carbonyl (C=O) groups is 3. The maximum absolute atomic E-state index is 13.4. The van der Waals surface area contributed by atoms with E-state index in [1.807, 2.05) is 0 Å². The summed E-state index contributed by atoms with van der Waals surface area (Å²) >= 11 is 0. The topological polar surface area (TPSA) is 125 Å². The normalized spacial score (nSPS) is 21.7. The smallest absolute Gasteiger partial charge is 0.321 e. The Morgan fingerprint density at radius 1 is 1.30 bits per heavy atom. The molecule has 0 radical (unpaired) electrons. The van der Waals surface area contributed by atoms with Crippen LogP contribution >= 0.6 is 0 Å². The molecule has 0 aliphatic carbocycles. The van der Waals surface area contributed by atoms with Gasteiger partial charge in [-0.2, -0.15) is 0 Å². The van der Waals surface area contributed by atoms with E-state index in [9.17, 15) is 19.5 Å². The fraction of sp³-hybridized carbons (Fsp3) is 0.526. The van der Waals surface area contributed by atoms with Gasteiger partial charge in [-0.05, 0) is 43.5 Å². The zero-order valence-electron chi connectivity index (χ0n) is 15.5. The third kappa shape index (κ3) is 4.64. The Morgan fingerprint density at radius 2 is 1.96 bits per heavy atom. The van der Waals surface area contributed by atoms with Crippen LogP contribution in [0.5, 0.6) is 5.75 Å². The van der Waals surface area contributed by atoms with Crippen LogP contribution in [0.1, 0.15) is 37.7 Å². The van der Waals surface area contributed by atoms with Crippen LogP contribution in [0.4, 0.5) is 0 Å². The lowest BCUT2D eigenvalue weighted by molar-refractivity contribution is -0.146. The van der Waals surface area contributed by atoms with Gasteiger partial charge in [0.25, 0.3) is 0 Å². The van der Waals surface area contributed by atoms with Gasteiger partial charge in [-0.1, -0.05) is 19.1 Å². The molecule has 1 fully saturated rings. The fourth-order valence-electron chi connectivity index (χ4n) is 3.75. The van der Waals surface area contributed by atoms with Crippen molar-refractivity contribution in [1.82, 2.24) is 10.8 Å². The minimum Gasteiger partial charge on any atom is -0.497 e. The van der Waals surface area contributed by atoms with Crippen molar-refractivity contribution >= 4 is 17.7 Å². The first kappa shape index (κ1) is 20.9. The Balaban J connectivity index is 2.44. The summed E-state index contributed by atoms with van der Waals surface area (Å²) in [6.07, 6.45) is 1.43. The molecular formula is C19H26N2O6. The first-order valence-corrected chi connectivity index (χ1v) is 9.02. The zero-order valence-corrected chi connectivity index (χ0v) is 15.5. The molecule has 1 aromatic rings. The Bertz CT molecular complexity index is 675. The average Bonchev–Trinajstić information content (AvgIpc) is 2.71. The van der Waals surface area contributed by atoms with E-state index in [-0.39, 0.29) is 5.78 Å². The van der Waals surface area contributed by atoms with Crippen LogP contribution in [0.3, 0.4) is 0 Å². The van der Waals surface area contributed by atoms with Gasteiger partial charge in [-0.3, -0.25) is 19.6 Å². The number of hydroxylamine groups is 1. The number of carbonyl (C=O) groups excluding carboxylic acids is 2. The van der Waals surface area contributed by atoms with E-state index in [1.54, 1.807) is 36.7 Å². The summed E-state index contributed by atoms with van der Waals surface area (Å²) in [6, 6.07) is 5.78. The van der Waals surface area contributed by atoms with Gasteiger partial charge < -0.3 is 15.2 Å². The third-order valence-corrected chi connectivity index (χ3v) is 5.16. The molecule has 0 spiro atoms. The number of carboxylic acid groups (broad SMARTS) is 1. The first-order chi connectivity index (χ1) is 12.9. The summed E-state index contributed by atoms with van der Waals surface area (Å²) in [6.45, 7) is 2.28. The lowest BCUT2D eigenvalue weighted by Crippen LogP contribution is -2.51. The Kier molecular flexibility index (Phi) is 7.32. The van der Waals surface area contributed by atoms with E-state index in [0.717, 1.165) is 0 Å². The molecule has 1 aromatic carbocycles. The summed E-state index contributed by atoms with van der Waals surface area (Å²) in [5.74, 6) is -3.87. The van der Waals surface area contributed by atoms with E-state index < -0.39 is 35.7 Å². The second kappa shape index (κ2) is 9.48. The molecule has 148 valence electrons. The highest BCUT2D eigenvalue weighted by atomic mass is 16.5. The quantitative estimate of drug-likeness (QED) is 0.397. The average molecular weight is 378 g/mol. The van der Waals surface area contributed by atoms with Gasteiger partial charge in [-0.25, -0.2) is 5.48 Å². The van der Waals surface area contributed by atoms with Gasteiger partial charge in [-0.15, -0.1) is 0 Å². The lowest BCUT2D eigenvalue weighted by Gasteiger charge is -2.33. The predicted molar refractivity (Wildman–Crippen MR) is 96.6 cm³/mol. The summed E-state index contributed by atoms with van der Waals surface area (Å²) in [5.41, 5.74) is 2.22. The second-order valence-corrected chi connectivity index (χ2v) is 6.66. The largest absolute Gasteiger partial charge is 0.497 e. The third-order valence-electron chi connectivity index (χ3n) is 5.16. The number of benzene rings is 1. The Morgan fingerprint density at radius 3 is 2.48 bits per heavy atom. The molecule has 4 N–H and O–H groups in total. The van der Waals surface area contributed by atoms with Gasteiger partial charge in [0.15, 0.2) is 0 Å². The molecule has 8 heteroatoms. The van der Waals surface area contributed by atoms with Crippen molar-refractivity contribution in [2.24, 2.45) is 11.8 Å². The maximum atomic E-state index is 13.4. The highest BCUT2D eigenvalue weighted by Crippen LogP contribution is 2.35. The molecule has 27 heavy (non-hydrogen) atoms. The monoisotopic (exact) mass is 378 g/mol. The Hall–Kier alpha value is -2.45. The number of hydrogen-bond donors (Lipinski definition) is 4. The number of aliphatic carboxylic acids is 1. The maximum Gasteiger partial charge on any atom is 0.321 e. The molecule has 1 aliphatic heterocycles. The number of ether oxygens (including phenoxy) is 1. The van der Waals surface area contributed by atoms with E-state index in [0.29, 0.717) is 37.1 Å². The number of hydrogen-bond acceptors (Lipinski definition) is 6. The van der Waals surface area contributed by atoms with Crippen molar-refractivity contribution in [3.63, 3.8) is 0 Å². The standard InChI is InChI=1S/C19H26N2O6/c1-3-13(18(23)21-26)15(11-6-8-12(27-2)9-7-11)17(22)14-5-4-10-20-16(14)19(24)25/h6-9,13-16,20,26H,3-5,10H2,1-2H3,(H,21,23)(H,24,25)/t13-,14-,15?,16-/m0/s1. The number of carboxylic acids is 1. The number of rotatable bonds is 8. The molecule has 1 unspecified atom stereocenters. The van der Waals surface area contributed by atoms with Crippen LogP contribution in [0.15, 0.2) is 24.3 Å². The van der Waals surface area contributed by atoms with Gasteiger partial charge in [0.2, 0.25) is 5.91 Å². The SMILES string of the molecule is CC[C@H](C(=O)NO)C(C(=O)[C@H]1CCCN[C@@H]1C(=O)O)c1ccc(OC)cc1. The van der Waals surface area contributed by atoms with Crippen molar-refractivity contribution < 1.29 is 29.4 Å². The highest BCUT2D eigenvalue weighted by Gasteiger charge is 2.43. The van der Waals surface area contributed by atoms with Crippen LogP contribution in [0, 0.1) is 11.8 Å². The highest BCUT2D eigenvalue weighted by molar-refractivity contribution is 5.96. The van der Waals surface area contributed by atoms with E-state index >= 15 is 0 Å². The van der Waals surface area contributed by atoms with Gasteiger partial charge in [0.1, 0.15) is 17.6 Å². The molecule has 0 saturated carbocycles. The van der Waals surface area contributed by atoms with Crippen LogP contribution in [-0.4, -0.2) is 47.7 Å². The fourth-order valence-corrected chi connectivity index (χ4v) is 3.75. The molecule has 4 atom stereocenters. The van der Waals surface area contributed by atoms with Gasteiger partial charge >= 0.3 is 5.97 Å². The number of amides is 1. The second-order valence-electron chi connectivity index (χ2n) is 6.66. The van der Waals surface area contributed by atoms with Crippen molar-refractivity contribution in [2.75, 3.05) is 13.7 Å². The number of piperidine rings is 1. The molecular weight excluding hydrogens is 352 g/mol. The Labute approximate surface area is 157 Å². The predicted octanol–water partition coefficient (Wildman–Crippen LogP) is 1.33. The summed E-state index contributed by atoms with van der Waals surface area (Å²) in [5, 5.41) is 21.5. The lowest BCUT2D eigenvalue weighted by atomic mass is 9.73. The zero-order chi connectivity index (χ0) is 20.0. The molecule has 8 nitrogen and oxygen atoms in total.